The molecule has 2 amide bonds. The lowest BCUT2D eigenvalue weighted by Crippen LogP contribution is -2.38. The number of carbonyl (C=O) groups excluding carboxylic acids is 2. The van der Waals surface area contributed by atoms with Crippen LogP contribution in [-0.2, 0) is 14.8 Å². The van der Waals surface area contributed by atoms with Gasteiger partial charge in [-0.15, -0.1) is 0 Å². The highest BCUT2D eigenvalue weighted by Gasteiger charge is 2.40. The summed E-state index contributed by atoms with van der Waals surface area (Å²) >= 11 is 0. The van der Waals surface area contributed by atoms with Crippen molar-refractivity contribution < 1.29 is 27.9 Å². The van der Waals surface area contributed by atoms with E-state index in [1.807, 2.05) is 0 Å². The lowest BCUT2D eigenvalue weighted by Gasteiger charge is -2.23. The van der Waals surface area contributed by atoms with Gasteiger partial charge in [0.05, 0.1) is 47.0 Å². The molecule has 0 radical (unpaired) electrons. The van der Waals surface area contributed by atoms with Crippen LogP contribution in [0.15, 0.2) is 23.1 Å². The van der Waals surface area contributed by atoms with Gasteiger partial charge in [-0.2, -0.15) is 4.31 Å². The Kier molecular flexibility index (Phi) is 5.35. The average Bonchev–Trinajstić information content (AvgIpc) is 3.28. The van der Waals surface area contributed by atoms with Crippen molar-refractivity contribution in [2.45, 2.75) is 30.7 Å². The van der Waals surface area contributed by atoms with Crippen LogP contribution in [0, 0.1) is 6.92 Å². The molecule has 160 valence electrons. The van der Waals surface area contributed by atoms with Crippen molar-refractivity contribution in [2.75, 3.05) is 33.4 Å². The van der Waals surface area contributed by atoms with Gasteiger partial charge in [0.15, 0.2) is 0 Å². The second kappa shape index (κ2) is 7.69. The van der Waals surface area contributed by atoms with Crippen LogP contribution >= 0.6 is 0 Å². The summed E-state index contributed by atoms with van der Waals surface area (Å²) in [5.41, 5.74) is 1.13. The van der Waals surface area contributed by atoms with Crippen LogP contribution in [-0.4, -0.2) is 79.0 Å². The van der Waals surface area contributed by atoms with E-state index in [9.17, 15) is 23.1 Å². The first-order chi connectivity index (χ1) is 14.3. The van der Waals surface area contributed by atoms with Crippen LogP contribution < -0.4 is 0 Å². The number of pyridine rings is 1. The van der Waals surface area contributed by atoms with E-state index in [0.29, 0.717) is 29.7 Å². The fourth-order valence-electron chi connectivity index (χ4n) is 4.29. The number of carbonyl (C=O) groups is 2. The second-order valence-electron chi connectivity index (χ2n) is 7.48. The first kappa shape index (κ1) is 20.9. The summed E-state index contributed by atoms with van der Waals surface area (Å²) in [5.74, 6) is -1.07. The molecule has 0 saturated carbocycles. The van der Waals surface area contributed by atoms with E-state index >= 15 is 0 Å². The molecule has 4 rings (SSSR count). The standard InChI is InChI=1S/C20H23N3O6S/c1-12-17-18(20(26)22(8-9-24)19(17)25)15-10-14(5-6-16(15)21-12)30(27,28)23-7-3-4-13(23)11-29-2/h5-6,10,13,24H,3-4,7-9,11H2,1-2H3/t13-/m0/s1. The van der Waals surface area contributed by atoms with Gasteiger partial charge in [0.2, 0.25) is 10.0 Å². The van der Waals surface area contributed by atoms with Crippen molar-refractivity contribution >= 4 is 32.7 Å². The predicted octanol–water partition coefficient (Wildman–Crippen LogP) is 0.931. The summed E-state index contributed by atoms with van der Waals surface area (Å²) in [6.07, 6.45) is 1.47. The van der Waals surface area contributed by atoms with Crippen molar-refractivity contribution in [1.29, 1.82) is 0 Å². The van der Waals surface area contributed by atoms with Crippen molar-refractivity contribution in [3.8, 4) is 0 Å². The molecular formula is C20H23N3O6S. The van der Waals surface area contributed by atoms with Crippen LogP contribution in [0.1, 0.15) is 39.3 Å². The lowest BCUT2D eigenvalue weighted by atomic mass is 10.0. The van der Waals surface area contributed by atoms with Gasteiger partial charge in [0, 0.05) is 25.1 Å². The smallest absolute Gasteiger partial charge is 0.263 e. The molecular weight excluding hydrogens is 410 g/mol. The van der Waals surface area contributed by atoms with Crippen LogP contribution in [0.25, 0.3) is 10.9 Å². The quantitative estimate of drug-likeness (QED) is 0.674. The van der Waals surface area contributed by atoms with E-state index in [1.54, 1.807) is 13.0 Å². The van der Waals surface area contributed by atoms with Crippen molar-refractivity contribution in [2.24, 2.45) is 0 Å². The molecule has 3 heterocycles. The molecule has 0 unspecified atom stereocenters. The minimum Gasteiger partial charge on any atom is -0.395 e. The number of β-amino-alcohol motifs (C(OH)–C–C–N with tert-alkyl or cyclic N) is 1. The Morgan fingerprint density at radius 2 is 1.97 bits per heavy atom. The number of aromatic nitrogens is 1. The number of nitrogens with zero attached hydrogens (tertiary/aromatic N) is 3. The Balaban J connectivity index is 1.86. The van der Waals surface area contributed by atoms with Crippen molar-refractivity contribution in [1.82, 2.24) is 14.2 Å². The molecule has 1 saturated heterocycles. The van der Waals surface area contributed by atoms with Crippen LogP contribution in [0.3, 0.4) is 0 Å². The molecule has 1 fully saturated rings. The Morgan fingerprint density at radius 1 is 1.23 bits per heavy atom. The molecule has 2 aromatic rings. The highest BCUT2D eigenvalue weighted by molar-refractivity contribution is 7.89. The number of hydrogen-bond donors (Lipinski definition) is 1. The first-order valence-electron chi connectivity index (χ1n) is 9.73. The zero-order valence-corrected chi connectivity index (χ0v) is 17.6. The highest BCUT2D eigenvalue weighted by Crippen LogP contribution is 2.34. The van der Waals surface area contributed by atoms with Gasteiger partial charge in [-0.25, -0.2) is 8.42 Å². The van der Waals surface area contributed by atoms with E-state index in [1.165, 1.54) is 23.5 Å². The highest BCUT2D eigenvalue weighted by atomic mass is 32.2. The van der Waals surface area contributed by atoms with Crippen LogP contribution in [0.2, 0.25) is 0 Å². The Labute approximate surface area is 174 Å². The minimum atomic E-state index is -3.81. The van der Waals surface area contributed by atoms with Gasteiger partial charge >= 0.3 is 0 Å². The maximum absolute atomic E-state index is 13.3. The number of rotatable bonds is 6. The predicted molar refractivity (Wildman–Crippen MR) is 108 cm³/mol. The fraction of sp³-hybridized carbons (Fsp3) is 0.450. The number of sulfonamides is 1. The van der Waals surface area contributed by atoms with Gasteiger partial charge in [-0.3, -0.25) is 19.5 Å². The number of aryl methyl sites for hydroxylation is 1. The van der Waals surface area contributed by atoms with Gasteiger partial charge in [0.1, 0.15) is 0 Å². The van der Waals surface area contributed by atoms with E-state index in [4.69, 9.17) is 4.74 Å². The first-order valence-corrected chi connectivity index (χ1v) is 11.2. The maximum Gasteiger partial charge on any atom is 0.263 e. The number of imide groups is 1. The van der Waals surface area contributed by atoms with Gasteiger partial charge < -0.3 is 9.84 Å². The largest absolute Gasteiger partial charge is 0.395 e. The number of ether oxygens (including phenoxy) is 1. The van der Waals surface area contributed by atoms with Crippen molar-refractivity contribution in [3.63, 3.8) is 0 Å². The molecule has 0 aliphatic carbocycles. The van der Waals surface area contributed by atoms with E-state index < -0.39 is 21.8 Å². The Hall–Kier alpha value is -2.40. The number of aliphatic hydroxyl groups is 1. The second-order valence-corrected chi connectivity index (χ2v) is 9.37. The molecule has 0 bridgehead atoms. The number of aliphatic hydroxyl groups excluding tert-OH is 1. The molecule has 0 spiro atoms. The summed E-state index contributed by atoms with van der Waals surface area (Å²) in [6, 6.07) is 4.22. The van der Waals surface area contributed by atoms with E-state index in [-0.39, 0.29) is 35.2 Å². The number of benzene rings is 1. The summed E-state index contributed by atoms with van der Waals surface area (Å²) in [5, 5.41) is 9.53. The molecule has 10 heteroatoms. The van der Waals surface area contributed by atoms with Crippen LogP contribution in [0.5, 0.6) is 0 Å². The van der Waals surface area contributed by atoms with Crippen molar-refractivity contribution in [3.05, 3.63) is 35.0 Å². The zero-order chi connectivity index (χ0) is 21.6. The number of hydrogen-bond acceptors (Lipinski definition) is 7. The third kappa shape index (κ3) is 3.11. The summed E-state index contributed by atoms with van der Waals surface area (Å²) in [6.45, 7) is 1.87. The van der Waals surface area contributed by atoms with Crippen LogP contribution in [0.4, 0.5) is 0 Å². The summed E-state index contributed by atoms with van der Waals surface area (Å²) < 4.78 is 33.2. The SMILES string of the molecule is COC[C@@H]1CCCN1S(=O)(=O)c1ccc2nc(C)c3c(c2c1)C(=O)N(CCO)C3=O. The maximum atomic E-state index is 13.3. The molecule has 1 atom stereocenters. The lowest BCUT2D eigenvalue weighted by molar-refractivity contribution is 0.0624. The number of fused-ring (bicyclic) bond motifs is 3. The molecule has 2 aliphatic heterocycles. The van der Waals surface area contributed by atoms with Gasteiger partial charge in [0.25, 0.3) is 11.8 Å². The van der Waals surface area contributed by atoms with Gasteiger partial charge in [-0.1, -0.05) is 0 Å². The number of amides is 2. The zero-order valence-electron chi connectivity index (χ0n) is 16.8. The molecule has 2 aliphatic rings. The van der Waals surface area contributed by atoms with Gasteiger partial charge in [-0.05, 0) is 38.0 Å². The molecule has 30 heavy (non-hydrogen) atoms. The molecule has 1 N–H and O–H groups in total. The van der Waals surface area contributed by atoms with E-state index in [2.05, 4.69) is 4.98 Å². The third-order valence-corrected chi connectivity index (χ3v) is 7.62. The number of methoxy groups -OCH3 is 1. The Bertz CT molecular complexity index is 1150. The normalized spacial score (nSPS) is 19.8. The summed E-state index contributed by atoms with van der Waals surface area (Å²) in [7, 11) is -2.27. The molecule has 9 nitrogen and oxygen atoms in total. The van der Waals surface area contributed by atoms with E-state index in [0.717, 1.165) is 17.7 Å². The molecule has 1 aromatic carbocycles. The topological polar surface area (TPSA) is 117 Å². The fourth-order valence-corrected chi connectivity index (χ4v) is 6.00. The Morgan fingerprint density at radius 3 is 2.67 bits per heavy atom. The minimum absolute atomic E-state index is 0.0479. The average molecular weight is 433 g/mol. The monoisotopic (exact) mass is 433 g/mol. The summed E-state index contributed by atoms with van der Waals surface area (Å²) in [4.78, 5) is 31.0. The third-order valence-electron chi connectivity index (χ3n) is 5.67. The molecule has 1 aromatic heterocycles.